The summed E-state index contributed by atoms with van der Waals surface area (Å²) >= 11 is 0. The van der Waals surface area contributed by atoms with Gasteiger partial charge in [-0.3, -0.25) is 4.79 Å². The molecule has 1 aliphatic carbocycles. The second kappa shape index (κ2) is 14.5. The SMILES string of the molecule is CCOC(=O)C1CCC(Oc2ccc(CN(CCC3(c4ccc(OC)cc4)CCOC(C)(C)C3)c3ccccn3)cc2)CC1. The van der Waals surface area contributed by atoms with E-state index < -0.39 is 0 Å². The van der Waals surface area contributed by atoms with Gasteiger partial charge in [-0.1, -0.05) is 30.3 Å². The number of methoxy groups -OCH3 is 1. The zero-order chi connectivity index (χ0) is 31.0. The van der Waals surface area contributed by atoms with Gasteiger partial charge in [0.2, 0.25) is 0 Å². The molecule has 3 aromatic rings. The van der Waals surface area contributed by atoms with Crippen molar-refractivity contribution in [3.63, 3.8) is 0 Å². The predicted molar refractivity (Wildman–Crippen MR) is 173 cm³/mol. The summed E-state index contributed by atoms with van der Waals surface area (Å²) in [5.41, 5.74) is 2.35. The number of hydrogen-bond donors (Lipinski definition) is 0. The number of hydrogen-bond acceptors (Lipinski definition) is 7. The zero-order valence-corrected chi connectivity index (χ0v) is 26.8. The predicted octanol–water partition coefficient (Wildman–Crippen LogP) is 7.51. The molecular weight excluding hydrogens is 552 g/mol. The molecule has 1 aliphatic heterocycles. The summed E-state index contributed by atoms with van der Waals surface area (Å²) in [4.78, 5) is 19.2. The second-order valence-corrected chi connectivity index (χ2v) is 12.9. The van der Waals surface area contributed by atoms with Gasteiger partial charge < -0.3 is 23.8 Å². The quantitative estimate of drug-likeness (QED) is 0.199. The van der Waals surface area contributed by atoms with Crippen molar-refractivity contribution in [2.24, 2.45) is 5.92 Å². The highest BCUT2D eigenvalue weighted by Gasteiger charge is 2.42. The lowest BCUT2D eigenvalue weighted by Crippen LogP contribution is -2.45. The maximum absolute atomic E-state index is 12.1. The van der Waals surface area contributed by atoms with Gasteiger partial charge in [0.05, 0.1) is 31.3 Å². The van der Waals surface area contributed by atoms with E-state index in [0.717, 1.165) is 82.0 Å². The Morgan fingerprint density at radius 2 is 1.70 bits per heavy atom. The molecule has 1 saturated carbocycles. The van der Waals surface area contributed by atoms with Gasteiger partial charge in [-0.25, -0.2) is 4.98 Å². The van der Waals surface area contributed by atoms with E-state index in [1.165, 1.54) is 11.1 Å². The van der Waals surface area contributed by atoms with Gasteiger partial charge >= 0.3 is 5.97 Å². The van der Waals surface area contributed by atoms with Gasteiger partial charge in [0.25, 0.3) is 0 Å². The lowest BCUT2D eigenvalue weighted by Gasteiger charge is -2.46. The van der Waals surface area contributed by atoms with Crippen molar-refractivity contribution in [2.45, 2.75) is 89.4 Å². The molecule has 2 fully saturated rings. The topological polar surface area (TPSA) is 70.1 Å². The van der Waals surface area contributed by atoms with E-state index in [-0.39, 0.29) is 29.0 Å². The van der Waals surface area contributed by atoms with Crippen molar-refractivity contribution in [1.82, 2.24) is 4.98 Å². The lowest BCUT2D eigenvalue weighted by molar-refractivity contribution is -0.149. The molecule has 1 aromatic heterocycles. The van der Waals surface area contributed by atoms with E-state index in [1.54, 1.807) is 7.11 Å². The van der Waals surface area contributed by atoms with Crippen molar-refractivity contribution >= 4 is 11.8 Å². The third-order valence-electron chi connectivity index (χ3n) is 9.27. The van der Waals surface area contributed by atoms with E-state index in [4.69, 9.17) is 23.9 Å². The fourth-order valence-corrected chi connectivity index (χ4v) is 6.95. The Morgan fingerprint density at radius 1 is 0.977 bits per heavy atom. The number of benzene rings is 2. The van der Waals surface area contributed by atoms with Crippen molar-refractivity contribution in [3.05, 3.63) is 84.1 Å². The van der Waals surface area contributed by atoms with Crippen LogP contribution in [0.5, 0.6) is 11.5 Å². The maximum atomic E-state index is 12.1. The van der Waals surface area contributed by atoms with Crippen molar-refractivity contribution in [2.75, 3.05) is 31.8 Å². The largest absolute Gasteiger partial charge is 0.497 e. The summed E-state index contributed by atoms with van der Waals surface area (Å²) in [6.45, 7) is 9.07. The number of anilines is 1. The molecule has 7 heteroatoms. The number of ether oxygens (including phenoxy) is 4. The van der Waals surface area contributed by atoms with Gasteiger partial charge in [0, 0.05) is 31.3 Å². The Balaban J connectivity index is 1.27. The molecule has 0 N–H and O–H groups in total. The molecule has 0 amide bonds. The van der Waals surface area contributed by atoms with Crippen LogP contribution in [0.4, 0.5) is 5.82 Å². The molecule has 0 radical (unpaired) electrons. The molecule has 1 atom stereocenters. The van der Waals surface area contributed by atoms with Gasteiger partial charge in [-0.05, 0) is 113 Å². The number of carbonyl (C=O) groups is 1. The Morgan fingerprint density at radius 3 is 2.34 bits per heavy atom. The number of pyridine rings is 1. The molecule has 2 heterocycles. The Kier molecular flexibility index (Phi) is 10.5. The average molecular weight is 601 g/mol. The zero-order valence-electron chi connectivity index (χ0n) is 26.8. The summed E-state index contributed by atoms with van der Waals surface area (Å²) in [7, 11) is 1.71. The molecule has 5 rings (SSSR count). The minimum absolute atomic E-state index is 0.00539. The fraction of sp³-hybridized carbons (Fsp3) is 0.514. The van der Waals surface area contributed by atoms with E-state index in [0.29, 0.717) is 6.61 Å². The number of carbonyl (C=O) groups excluding carboxylic acids is 1. The molecule has 1 saturated heterocycles. The van der Waals surface area contributed by atoms with Crippen LogP contribution >= 0.6 is 0 Å². The summed E-state index contributed by atoms with van der Waals surface area (Å²) in [5, 5.41) is 0. The van der Waals surface area contributed by atoms with Crippen LogP contribution in [-0.4, -0.2) is 49.5 Å². The first-order valence-corrected chi connectivity index (χ1v) is 16.2. The molecule has 0 spiro atoms. The molecule has 0 bridgehead atoms. The molecule has 2 aromatic carbocycles. The summed E-state index contributed by atoms with van der Waals surface area (Å²) in [6.07, 6.45) is 8.30. The van der Waals surface area contributed by atoms with Crippen LogP contribution in [0.15, 0.2) is 72.9 Å². The number of nitrogens with zero attached hydrogens (tertiary/aromatic N) is 2. The first kappa shape index (κ1) is 31.8. The average Bonchev–Trinajstić information content (AvgIpc) is 3.04. The summed E-state index contributed by atoms with van der Waals surface area (Å²) < 4.78 is 23.2. The van der Waals surface area contributed by atoms with Crippen molar-refractivity contribution in [1.29, 1.82) is 0 Å². The highest BCUT2D eigenvalue weighted by Crippen LogP contribution is 2.45. The van der Waals surface area contributed by atoms with Crippen molar-refractivity contribution in [3.8, 4) is 11.5 Å². The monoisotopic (exact) mass is 600 g/mol. The highest BCUT2D eigenvalue weighted by molar-refractivity contribution is 5.72. The van der Waals surface area contributed by atoms with Crippen LogP contribution in [0.25, 0.3) is 0 Å². The Hall–Kier alpha value is -3.58. The van der Waals surface area contributed by atoms with E-state index in [1.807, 2.05) is 19.2 Å². The van der Waals surface area contributed by atoms with Gasteiger partial charge in [-0.15, -0.1) is 0 Å². The second-order valence-electron chi connectivity index (χ2n) is 12.9. The number of esters is 1. The first-order valence-electron chi connectivity index (χ1n) is 16.2. The van der Waals surface area contributed by atoms with Crippen LogP contribution in [0, 0.1) is 5.92 Å². The molecule has 7 nitrogen and oxygen atoms in total. The van der Waals surface area contributed by atoms with Crippen LogP contribution in [0.3, 0.4) is 0 Å². The fourth-order valence-electron chi connectivity index (χ4n) is 6.95. The lowest BCUT2D eigenvalue weighted by atomic mass is 9.67. The molecule has 44 heavy (non-hydrogen) atoms. The Bertz CT molecular complexity index is 1320. The van der Waals surface area contributed by atoms with E-state index >= 15 is 0 Å². The van der Waals surface area contributed by atoms with Crippen LogP contribution in [0.1, 0.15) is 76.8 Å². The third-order valence-corrected chi connectivity index (χ3v) is 9.27. The van der Waals surface area contributed by atoms with Gasteiger partial charge in [0.1, 0.15) is 17.3 Å². The number of rotatable bonds is 12. The molecule has 1 unspecified atom stereocenters. The molecule has 2 aliphatic rings. The summed E-state index contributed by atoms with van der Waals surface area (Å²) in [5.74, 6) is 2.67. The Labute approximate surface area is 262 Å². The smallest absolute Gasteiger partial charge is 0.308 e. The first-order chi connectivity index (χ1) is 21.3. The molecular formula is C37H48N2O5. The minimum atomic E-state index is -0.193. The molecule has 236 valence electrons. The van der Waals surface area contributed by atoms with Gasteiger partial charge in [-0.2, -0.15) is 0 Å². The van der Waals surface area contributed by atoms with Crippen LogP contribution < -0.4 is 14.4 Å². The van der Waals surface area contributed by atoms with Gasteiger partial charge in [0.15, 0.2) is 0 Å². The van der Waals surface area contributed by atoms with Crippen LogP contribution in [0.2, 0.25) is 0 Å². The van der Waals surface area contributed by atoms with Crippen molar-refractivity contribution < 1.29 is 23.7 Å². The normalized spacial score (nSPS) is 23.0. The third kappa shape index (κ3) is 8.12. The maximum Gasteiger partial charge on any atom is 0.308 e. The van der Waals surface area contributed by atoms with E-state index in [2.05, 4.69) is 79.4 Å². The highest BCUT2D eigenvalue weighted by atomic mass is 16.5. The standard InChI is InChI=1S/C37H48N2O5/c1-5-42-35(40)29-11-17-33(18-12-29)44-32-15-9-28(10-16-32)26-39(34-8-6-7-23-38-34)24-21-37(22-25-43-36(2,3)27-37)30-13-19-31(41-4)20-14-30/h6-10,13-16,19-20,23,29,33H,5,11-12,17-18,21-22,24-27H2,1-4H3. The van der Waals surface area contributed by atoms with Crippen LogP contribution in [-0.2, 0) is 26.2 Å². The summed E-state index contributed by atoms with van der Waals surface area (Å²) in [6, 6.07) is 23.2. The number of aromatic nitrogens is 1. The minimum Gasteiger partial charge on any atom is -0.497 e. The van der Waals surface area contributed by atoms with E-state index in [9.17, 15) is 4.79 Å².